The van der Waals surface area contributed by atoms with Crippen LogP contribution in [0.2, 0.25) is 0 Å². The Hall–Kier alpha value is -4.51. The number of hydrogen-bond acceptors (Lipinski definition) is 8. The number of likely N-dealkylation sites (N-methyl/N-ethyl adjacent to an activating group) is 1. The lowest BCUT2D eigenvalue weighted by atomic mass is 10.0. The van der Waals surface area contributed by atoms with E-state index >= 15 is 0 Å². The van der Waals surface area contributed by atoms with E-state index in [1.807, 2.05) is 34.7 Å². The Morgan fingerprint density at radius 1 is 1.00 bits per heavy atom. The highest BCUT2D eigenvalue weighted by molar-refractivity contribution is 6.04. The van der Waals surface area contributed by atoms with Gasteiger partial charge in [-0.2, -0.15) is 13.2 Å². The Balaban J connectivity index is 1.20. The van der Waals surface area contributed by atoms with Crippen molar-refractivity contribution >= 4 is 22.9 Å². The lowest BCUT2D eigenvalue weighted by Crippen LogP contribution is -2.44. The van der Waals surface area contributed by atoms with Crippen molar-refractivity contribution in [2.24, 2.45) is 0 Å². The second-order valence-corrected chi connectivity index (χ2v) is 11.2. The van der Waals surface area contributed by atoms with Gasteiger partial charge in [0.15, 0.2) is 5.65 Å². The molecule has 0 radical (unpaired) electrons. The summed E-state index contributed by atoms with van der Waals surface area (Å²) in [7, 11) is 2.00. The fourth-order valence-electron chi connectivity index (χ4n) is 5.39. The van der Waals surface area contributed by atoms with Gasteiger partial charge in [0.1, 0.15) is 0 Å². The summed E-state index contributed by atoms with van der Waals surface area (Å²) in [6.07, 6.45) is -1.25. The molecule has 234 valence electrons. The predicted molar refractivity (Wildman–Crippen MR) is 163 cm³/mol. The number of piperazine rings is 1. The summed E-state index contributed by atoms with van der Waals surface area (Å²) in [5, 5.41) is 11.0. The van der Waals surface area contributed by atoms with E-state index in [-0.39, 0.29) is 23.4 Å². The molecule has 5 heterocycles. The number of pyridine rings is 2. The van der Waals surface area contributed by atoms with Crippen LogP contribution in [0, 0.1) is 18.8 Å². The van der Waals surface area contributed by atoms with E-state index in [2.05, 4.69) is 42.1 Å². The highest BCUT2D eigenvalue weighted by atomic mass is 19.4. The molecule has 2 aliphatic heterocycles. The second-order valence-electron chi connectivity index (χ2n) is 11.2. The van der Waals surface area contributed by atoms with Gasteiger partial charge in [-0.25, -0.2) is 0 Å². The number of benzene rings is 1. The van der Waals surface area contributed by atoms with E-state index in [4.69, 9.17) is 4.74 Å². The average molecular weight is 619 g/mol. The second kappa shape index (κ2) is 12.8. The van der Waals surface area contributed by atoms with Gasteiger partial charge in [-0.15, -0.1) is 10.2 Å². The number of rotatable bonds is 5. The molecule has 2 fully saturated rings. The zero-order valence-corrected chi connectivity index (χ0v) is 25.1. The number of halogens is 3. The van der Waals surface area contributed by atoms with Crippen LogP contribution in [-0.4, -0.2) is 94.8 Å². The first kappa shape index (κ1) is 30.5. The highest BCUT2D eigenvalue weighted by Gasteiger charge is 2.34. The summed E-state index contributed by atoms with van der Waals surface area (Å²) < 4.78 is 49.4. The third-order valence-corrected chi connectivity index (χ3v) is 8.08. The van der Waals surface area contributed by atoms with Crippen molar-refractivity contribution in [2.75, 3.05) is 69.7 Å². The van der Waals surface area contributed by atoms with E-state index < -0.39 is 17.6 Å². The number of hydrogen-bond donors (Lipinski definition) is 1. The zero-order valence-electron chi connectivity index (χ0n) is 25.1. The van der Waals surface area contributed by atoms with Crippen LogP contribution in [-0.2, 0) is 17.5 Å². The lowest BCUT2D eigenvalue weighted by Gasteiger charge is -2.33. The van der Waals surface area contributed by atoms with Crippen molar-refractivity contribution in [2.45, 2.75) is 19.6 Å². The molecule has 0 aliphatic carbocycles. The maximum absolute atomic E-state index is 14.0. The first-order valence-electron chi connectivity index (χ1n) is 14.7. The monoisotopic (exact) mass is 618 g/mol. The molecule has 10 nitrogen and oxygen atoms in total. The van der Waals surface area contributed by atoms with Crippen molar-refractivity contribution in [1.82, 2.24) is 29.4 Å². The number of morpholine rings is 1. The number of aryl methyl sites for hydroxylation is 1. The number of amides is 1. The summed E-state index contributed by atoms with van der Waals surface area (Å²) in [5.74, 6) is 5.90. The van der Waals surface area contributed by atoms with Gasteiger partial charge < -0.3 is 19.9 Å². The number of carbonyl (C=O) groups is 1. The number of fused-ring (bicyclic) bond motifs is 1. The fraction of sp³-hybridized carbons (Fsp3) is 0.375. The molecule has 0 saturated carbocycles. The highest BCUT2D eigenvalue weighted by Crippen LogP contribution is 2.35. The van der Waals surface area contributed by atoms with Crippen LogP contribution in [0.4, 0.5) is 24.5 Å². The molecule has 1 N–H and O–H groups in total. The third kappa shape index (κ3) is 7.09. The normalized spacial score (nSPS) is 16.4. The van der Waals surface area contributed by atoms with Gasteiger partial charge in [0.05, 0.1) is 35.7 Å². The molecular weight excluding hydrogens is 585 g/mol. The van der Waals surface area contributed by atoms with Crippen LogP contribution < -0.4 is 10.2 Å². The number of carbonyl (C=O) groups excluding carboxylic acids is 1. The third-order valence-electron chi connectivity index (χ3n) is 8.08. The first-order chi connectivity index (χ1) is 21.6. The lowest BCUT2D eigenvalue weighted by molar-refractivity contribution is -0.138. The van der Waals surface area contributed by atoms with E-state index in [1.54, 1.807) is 13.0 Å². The summed E-state index contributed by atoms with van der Waals surface area (Å²) in [6, 6.07) is 9.37. The van der Waals surface area contributed by atoms with Gasteiger partial charge in [0.2, 0.25) is 5.82 Å². The standard InChI is InChI=1S/C32H33F3N8O2/c1-22-23(4-7-29-38-39-30-8-6-27(21-43(29)30)42-13-15-45-16-14-42)17-25(19-36-22)31(44)37-26-5-3-24(28(18-26)32(33,34)35)20-41-11-9-40(2)10-12-41/h3,5-6,8,17-19,21H,9-16,20H2,1-2H3,(H,37,44). The minimum Gasteiger partial charge on any atom is -0.378 e. The van der Waals surface area contributed by atoms with Gasteiger partial charge in [-0.05, 0) is 55.8 Å². The van der Waals surface area contributed by atoms with Crippen LogP contribution in [0.15, 0.2) is 48.8 Å². The molecule has 45 heavy (non-hydrogen) atoms. The van der Waals surface area contributed by atoms with Crippen molar-refractivity contribution in [3.05, 3.63) is 82.6 Å². The van der Waals surface area contributed by atoms with E-state index in [1.165, 1.54) is 18.3 Å². The van der Waals surface area contributed by atoms with Crippen molar-refractivity contribution in [3.8, 4) is 11.8 Å². The maximum Gasteiger partial charge on any atom is 0.416 e. The predicted octanol–water partition coefficient (Wildman–Crippen LogP) is 3.69. The minimum absolute atomic E-state index is 0.0497. The number of ether oxygens (including phenoxy) is 1. The molecule has 0 spiro atoms. The Bertz CT molecular complexity index is 1760. The van der Waals surface area contributed by atoms with Crippen molar-refractivity contribution < 1.29 is 22.7 Å². The molecule has 13 heteroatoms. The smallest absolute Gasteiger partial charge is 0.378 e. The minimum atomic E-state index is -4.56. The Kier molecular flexibility index (Phi) is 8.71. The molecule has 2 saturated heterocycles. The number of anilines is 2. The molecule has 4 aromatic rings. The molecule has 2 aliphatic rings. The van der Waals surface area contributed by atoms with Crippen LogP contribution in [0.1, 0.15) is 38.6 Å². The Morgan fingerprint density at radius 3 is 2.53 bits per heavy atom. The molecule has 0 atom stereocenters. The molecule has 6 rings (SSSR count). The number of nitrogens with one attached hydrogen (secondary N) is 1. The van der Waals surface area contributed by atoms with Crippen LogP contribution in [0.5, 0.6) is 0 Å². The van der Waals surface area contributed by atoms with Crippen LogP contribution in [0.25, 0.3) is 5.65 Å². The molecular formula is C32H33F3N8O2. The zero-order chi connectivity index (χ0) is 31.6. The average Bonchev–Trinajstić information content (AvgIpc) is 3.44. The maximum atomic E-state index is 14.0. The first-order valence-corrected chi connectivity index (χ1v) is 14.7. The van der Waals surface area contributed by atoms with Gasteiger partial charge in [-0.1, -0.05) is 12.0 Å². The summed E-state index contributed by atoms with van der Waals surface area (Å²) in [4.78, 5) is 23.8. The number of aromatic nitrogens is 4. The van der Waals surface area contributed by atoms with E-state index in [0.29, 0.717) is 49.0 Å². The molecule has 1 aromatic carbocycles. The number of alkyl halides is 3. The van der Waals surface area contributed by atoms with E-state index in [0.717, 1.165) is 37.9 Å². The van der Waals surface area contributed by atoms with Crippen LogP contribution in [0.3, 0.4) is 0 Å². The SMILES string of the molecule is Cc1ncc(C(=O)Nc2ccc(CN3CCN(C)CC3)c(C(F)(F)F)c2)cc1C#Cc1nnc2ccc(N3CCOCC3)cn12. The molecule has 0 unspecified atom stereocenters. The summed E-state index contributed by atoms with van der Waals surface area (Å²) >= 11 is 0. The molecule has 0 bridgehead atoms. The van der Waals surface area contributed by atoms with E-state index in [9.17, 15) is 18.0 Å². The molecule has 1 amide bonds. The van der Waals surface area contributed by atoms with Gasteiger partial charge in [0.25, 0.3) is 5.91 Å². The topological polar surface area (TPSA) is 91.1 Å². The largest absolute Gasteiger partial charge is 0.416 e. The number of nitrogens with zero attached hydrogens (tertiary/aromatic N) is 7. The van der Waals surface area contributed by atoms with Gasteiger partial charge in [0, 0.05) is 69.5 Å². The van der Waals surface area contributed by atoms with Gasteiger partial charge >= 0.3 is 6.18 Å². The van der Waals surface area contributed by atoms with Gasteiger partial charge in [-0.3, -0.25) is 19.1 Å². The fourth-order valence-corrected chi connectivity index (χ4v) is 5.39. The quantitative estimate of drug-likeness (QED) is 0.339. The Morgan fingerprint density at radius 2 is 1.78 bits per heavy atom. The van der Waals surface area contributed by atoms with Crippen molar-refractivity contribution in [1.29, 1.82) is 0 Å². The molecule has 3 aromatic heterocycles. The van der Waals surface area contributed by atoms with Crippen LogP contribution >= 0.6 is 0 Å². The summed E-state index contributed by atoms with van der Waals surface area (Å²) in [6.45, 7) is 7.84. The Labute approximate surface area is 258 Å². The summed E-state index contributed by atoms with van der Waals surface area (Å²) in [5.41, 5.74) is 2.37. The van der Waals surface area contributed by atoms with Crippen molar-refractivity contribution in [3.63, 3.8) is 0 Å².